The number of rotatable bonds is 11. The molecule has 0 bridgehead atoms. The molecule has 2 amide bonds. The lowest BCUT2D eigenvalue weighted by Gasteiger charge is -2.29. The van der Waals surface area contributed by atoms with Crippen molar-refractivity contribution < 1.29 is 38.1 Å². The molecule has 2 rings (SSSR count). The normalized spacial score (nSPS) is 15.2. The minimum atomic E-state index is -1.99. The Morgan fingerprint density at radius 1 is 0.800 bits per heavy atom. The van der Waals surface area contributed by atoms with Gasteiger partial charge in [-0.05, 0) is 35.4 Å². The molecule has 0 radical (unpaired) electrons. The first kappa shape index (κ1) is 23.4. The van der Waals surface area contributed by atoms with Crippen molar-refractivity contribution in [2.24, 2.45) is 11.5 Å². The number of amides is 2. The van der Waals surface area contributed by atoms with E-state index in [2.05, 4.69) is 0 Å². The summed E-state index contributed by atoms with van der Waals surface area (Å²) >= 11 is 0. The molecule has 4 atom stereocenters. The summed E-state index contributed by atoms with van der Waals surface area (Å²) in [7, 11) is 0. The lowest BCUT2D eigenvalue weighted by atomic mass is 10.0. The zero-order chi connectivity index (χ0) is 22.3. The molecule has 0 saturated heterocycles. The predicted molar refractivity (Wildman–Crippen MR) is 100 cm³/mol. The third kappa shape index (κ3) is 6.56. The van der Waals surface area contributed by atoms with E-state index >= 15 is 0 Å². The Hall–Kier alpha value is -2.92. The van der Waals surface area contributed by atoms with Gasteiger partial charge in [-0.2, -0.15) is 0 Å². The first-order chi connectivity index (χ1) is 14.2. The van der Waals surface area contributed by atoms with Crippen LogP contribution in [0.3, 0.4) is 0 Å². The fraction of sp³-hybridized carbons (Fsp3) is 0.300. The second kappa shape index (κ2) is 10.7. The van der Waals surface area contributed by atoms with Gasteiger partial charge in [0.15, 0.2) is 12.2 Å². The van der Waals surface area contributed by atoms with Crippen LogP contribution in [0.5, 0.6) is 0 Å². The van der Waals surface area contributed by atoms with Crippen LogP contribution in [0.25, 0.3) is 0 Å². The van der Waals surface area contributed by atoms with E-state index in [-0.39, 0.29) is 13.2 Å². The van der Waals surface area contributed by atoms with E-state index in [9.17, 15) is 28.6 Å². The highest BCUT2D eigenvalue weighted by molar-refractivity contribution is 5.81. The monoisotopic (exact) mass is 424 g/mol. The molecule has 2 aromatic carbocycles. The lowest BCUT2D eigenvalue weighted by molar-refractivity contribution is -0.167. The number of aliphatic hydroxyl groups excluding tert-OH is 2. The average Bonchev–Trinajstić information content (AvgIpc) is 2.67. The van der Waals surface area contributed by atoms with Crippen molar-refractivity contribution in [2.45, 2.75) is 37.6 Å². The molecule has 4 unspecified atom stereocenters. The second-order valence-electron chi connectivity index (χ2n) is 6.51. The smallest absolute Gasteiger partial charge is 0.249 e. The Kier molecular flexibility index (Phi) is 8.36. The average molecular weight is 424 g/mol. The van der Waals surface area contributed by atoms with Crippen molar-refractivity contribution in [3.05, 3.63) is 71.3 Å². The van der Waals surface area contributed by atoms with Gasteiger partial charge >= 0.3 is 0 Å². The Labute approximate surface area is 171 Å². The van der Waals surface area contributed by atoms with Crippen molar-refractivity contribution in [3.8, 4) is 0 Å². The molecule has 0 spiro atoms. The Morgan fingerprint density at radius 3 is 1.47 bits per heavy atom. The maximum atomic E-state index is 13.3. The molecule has 0 aliphatic carbocycles. The van der Waals surface area contributed by atoms with Crippen LogP contribution >= 0.6 is 0 Å². The summed E-state index contributed by atoms with van der Waals surface area (Å²) < 4.78 is 37.0. The quantitative estimate of drug-likeness (QED) is 0.403. The van der Waals surface area contributed by atoms with Crippen molar-refractivity contribution in [1.29, 1.82) is 0 Å². The highest BCUT2D eigenvalue weighted by Gasteiger charge is 2.39. The Morgan fingerprint density at radius 2 is 1.17 bits per heavy atom. The SMILES string of the molecule is NC(=O)C(OCc1cccc(F)c1)C(O)C(O)C(OCc1cccc(F)c1)C(N)=O. The van der Waals surface area contributed by atoms with Gasteiger partial charge < -0.3 is 31.2 Å². The summed E-state index contributed by atoms with van der Waals surface area (Å²) in [6, 6.07) is 10.6. The standard InChI is InChI=1S/C20H22F2N2O6/c21-13-5-1-3-11(7-13)9-29-17(19(23)27)15(25)16(26)18(20(24)28)30-10-12-4-2-6-14(22)8-12/h1-8,15-18,25-26H,9-10H2,(H2,23,27)(H2,24,28). The van der Waals surface area contributed by atoms with Gasteiger partial charge in [0.05, 0.1) is 13.2 Å². The van der Waals surface area contributed by atoms with Gasteiger partial charge in [-0.25, -0.2) is 8.78 Å². The fourth-order valence-corrected chi connectivity index (χ4v) is 2.68. The van der Waals surface area contributed by atoms with Crippen molar-refractivity contribution in [1.82, 2.24) is 0 Å². The molecule has 162 valence electrons. The van der Waals surface area contributed by atoms with Gasteiger partial charge in [-0.3, -0.25) is 9.59 Å². The third-order valence-electron chi connectivity index (χ3n) is 4.17. The molecule has 6 N–H and O–H groups in total. The molecule has 0 heterocycles. The second-order valence-corrected chi connectivity index (χ2v) is 6.51. The molecule has 10 heteroatoms. The minimum Gasteiger partial charge on any atom is -0.387 e. The predicted octanol–water partition coefficient (Wildman–Crippen LogP) is 0.128. The number of halogens is 2. The Bertz CT molecular complexity index is 810. The lowest BCUT2D eigenvalue weighted by Crippen LogP contribution is -2.54. The summed E-state index contributed by atoms with van der Waals surface area (Å²) in [6.45, 7) is -0.610. The number of hydrogen-bond donors (Lipinski definition) is 4. The zero-order valence-electron chi connectivity index (χ0n) is 15.8. The summed E-state index contributed by atoms with van der Waals surface area (Å²) in [5.41, 5.74) is 11.1. The van der Waals surface area contributed by atoms with Gasteiger partial charge in [0.1, 0.15) is 23.8 Å². The van der Waals surface area contributed by atoms with Crippen molar-refractivity contribution in [3.63, 3.8) is 0 Å². The van der Waals surface area contributed by atoms with Gasteiger partial charge in [-0.15, -0.1) is 0 Å². The van der Waals surface area contributed by atoms with Gasteiger partial charge in [-0.1, -0.05) is 24.3 Å². The molecule has 0 aliphatic heterocycles. The number of carbonyl (C=O) groups is 2. The van der Waals surface area contributed by atoms with Crippen LogP contribution < -0.4 is 11.5 Å². The van der Waals surface area contributed by atoms with Crippen LogP contribution in [0.15, 0.2) is 48.5 Å². The maximum Gasteiger partial charge on any atom is 0.249 e. The van der Waals surface area contributed by atoms with Crippen molar-refractivity contribution >= 4 is 11.8 Å². The van der Waals surface area contributed by atoms with E-state index in [0.717, 1.165) is 12.1 Å². The van der Waals surface area contributed by atoms with Crippen LogP contribution in [0, 0.1) is 11.6 Å². The van der Waals surface area contributed by atoms with E-state index < -0.39 is 47.9 Å². The van der Waals surface area contributed by atoms with E-state index in [1.54, 1.807) is 0 Å². The first-order valence-electron chi connectivity index (χ1n) is 8.86. The minimum absolute atomic E-state index is 0.305. The largest absolute Gasteiger partial charge is 0.387 e. The number of aliphatic hydroxyl groups is 2. The van der Waals surface area contributed by atoms with Crippen LogP contribution in [0.2, 0.25) is 0 Å². The first-order valence-corrected chi connectivity index (χ1v) is 8.86. The van der Waals surface area contributed by atoms with E-state index in [4.69, 9.17) is 20.9 Å². The van der Waals surface area contributed by atoms with Gasteiger partial charge in [0.2, 0.25) is 11.8 Å². The van der Waals surface area contributed by atoms with Gasteiger partial charge in [0.25, 0.3) is 0 Å². The van der Waals surface area contributed by atoms with Crippen LogP contribution in [-0.2, 0) is 32.3 Å². The number of nitrogens with two attached hydrogens (primary N) is 2. The zero-order valence-corrected chi connectivity index (χ0v) is 15.8. The topological polar surface area (TPSA) is 145 Å². The molecular weight excluding hydrogens is 402 g/mol. The van der Waals surface area contributed by atoms with Crippen molar-refractivity contribution in [2.75, 3.05) is 0 Å². The molecular formula is C20H22F2N2O6. The number of benzene rings is 2. The summed E-state index contributed by atoms with van der Waals surface area (Å²) in [4.78, 5) is 23.4. The summed E-state index contributed by atoms with van der Waals surface area (Å²) in [5.74, 6) is -3.34. The molecule has 0 aliphatic rings. The van der Waals surface area contributed by atoms with Crippen LogP contribution in [-0.4, -0.2) is 46.4 Å². The molecule has 0 aromatic heterocycles. The number of hydrogen-bond acceptors (Lipinski definition) is 6. The Balaban J connectivity index is 2.06. The number of primary amides is 2. The third-order valence-corrected chi connectivity index (χ3v) is 4.17. The molecule has 0 saturated carbocycles. The van der Waals surface area contributed by atoms with Gasteiger partial charge in [0, 0.05) is 0 Å². The number of carbonyl (C=O) groups excluding carboxylic acids is 2. The fourth-order valence-electron chi connectivity index (χ4n) is 2.68. The van der Waals surface area contributed by atoms with Crippen LogP contribution in [0.4, 0.5) is 8.78 Å². The van der Waals surface area contributed by atoms with E-state index in [1.165, 1.54) is 36.4 Å². The van der Waals surface area contributed by atoms with E-state index in [0.29, 0.717) is 11.1 Å². The molecule has 2 aromatic rings. The molecule has 0 fully saturated rings. The maximum absolute atomic E-state index is 13.3. The summed E-state index contributed by atoms with van der Waals surface area (Å²) in [6.07, 6.45) is -7.46. The number of ether oxygens (including phenoxy) is 2. The molecule has 30 heavy (non-hydrogen) atoms. The highest BCUT2D eigenvalue weighted by Crippen LogP contribution is 2.15. The highest BCUT2D eigenvalue weighted by atomic mass is 19.1. The van der Waals surface area contributed by atoms with Crippen LogP contribution in [0.1, 0.15) is 11.1 Å². The summed E-state index contributed by atoms with van der Waals surface area (Å²) in [5, 5.41) is 20.7. The van der Waals surface area contributed by atoms with E-state index in [1.807, 2.05) is 0 Å². The molecule has 8 nitrogen and oxygen atoms in total.